The Morgan fingerprint density at radius 3 is 2.48 bits per heavy atom. The van der Waals surface area contributed by atoms with Crippen molar-refractivity contribution in [2.75, 3.05) is 13.7 Å². The highest BCUT2D eigenvalue weighted by Gasteiger charge is 2.17. The molecule has 3 N–H and O–H groups in total. The average Bonchev–Trinajstić information content (AvgIpc) is 2.94. The highest BCUT2D eigenvalue weighted by Crippen LogP contribution is 2.36. The van der Waals surface area contributed by atoms with Gasteiger partial charge in [0.1, 0.15) is 5.75 Å². The number of aromatic nitrogens is 1. The number of hydrogen-bond donors (Lipinski definition) is 2. The Hall–Kier alpha value is -2.26. The van der Waals surface area contributed by atoms with Gasteiger partial charge in [-0.05, 0) is 75.4 Å². The van der Waals surface area contributed by atoms with Gasteiger partial charge in [0.25, 0.3) is 0 Å². The van der Waals surface area contributed by atoms with Crippen LogP contribution in [0, 0.1) is 20.8 Å². The van der Waals surface area contributed by atoms with Gasteiger partial charge >= 0.3 is 0 Å². The summed E-state index contributed by atoms with van der Waals surface area (Å²) in [4.78, 5) is 3.70. The van der Waals surface area contributed by atoms with Crippen LogP contribution in [-0.2, 0) is 6.42 Å². The molecule has 0 saturated carbocycles. The van der Waals surface area contributed by atoms with Gasteiger partial charge < -0.3 is 15.5 Å². The molecule has 0 bridgehead atoms. The first-order valence-electron chi connectivity index (χ1n) is 9.02. The van der Waals surface area contributed by atoms with Crippen molar-refractivity contribution in [1.29, 1.82) is 0 Å². The van der Waals surface area contributed by atoms with Crippen LogP contribution in [0.4, 0.5) is 0 Å². The van der Waals surface area contributed by atoms with Gasteiger partial charge in [-0.3, -0.25) is 0 Å². The monoisotopic (exact) mass is 336 g/mol. The first kappa shape index (κ1) is 17.6. The molecule has 1 aromatic heterocycles. The maximum Gasteiger partial charge on any atom is 0.119 e. The van der Waals surface area contributed by atoms with Crippen LogP contribution in [0.2, 0.25) is 0 Å². The van der Waals surface area contributed by atoms with Crippen LogP contribution >= 0.6 is 0 Å². The van der Waals surface area contributed by atoms with E-state index in [9.17, 15) is 0 Å². The number of hydrogen-bond acceptors (Lipinski definition) is 2. The summed E-state index contributed by atoms with van der Waals surface area (Å²) >= 11 is 0. The van der Waals surface area contributed by atoms with Gasteiger partial charge in [0.15, 0.2) is 0 Å². The average molecular weight is 336 g/mol. The number of benzene rings is 2. The van der Waals surface area contributed by atoms with E-state index < -0.39 is 0 Å². The van der Waals surface area contributed by atoms with Crippen LogP contribution in [0.1, 0.15) is 35.1 Å². The molecule has 3 aromatic rings. The molecule has 0 aliphatic rings. The van der Waals surface area contributed by atoms with E-state index in [1.54, 1.807) is 7.11 Å². The number of aromatic amines is 1. The summed E-state index contributed by atoms with van der Waals surface area (Å²) in [5, 5.41) is 1.27. The van der Waals surface area contributed by atoms with Gasteiger partial charge in [-0.15, -0.1) is 0 Å². The van der Waals surface area contributed by atoms with Crippen LogP contribution in [0.3, 0.4) is 0 Å². The molecular weight excluding hydrogens is 308 g/mol. The summed E-state index contributed by atoms with van der Waals surface area (Å²) in [6.07, 6.45) is 3.16. The molecule has 1 heterocycles. The molecule has 0 saturated heterocycles. The van der Waals surface area contributed by atoms with Crippen LogP contribution in [0.25, 0.3) is 22.2 Å². The number of ether oxygens (including phenoxy) is 1. The van der Waals surface area contributed by atoms with Crippen molar-refractivity contribution in [2.45, 2.75) is 40.0 Å². The maximum atomic E-state index is 5.71. The fraction of sp³-hybridized carbons (Fsp3) is 0.364. The molecule has 0 radical (unpaired) electrons. The second kappa shape index (κ2) is 7.32. The van der Waals surface area contributed by atoms with E-state index in [4.69, 9.17) is 10.5 Å². The fourth-order valence-electron chi connectivity index (χ4n) is 3.64. The van der Waals surface area contributed by atoms with Gasteiger partial charge in [0, 0.05) is 22.2 Å². The number of nitrogens with two attached hydrogens (primary N) is 1. The number of methoxy groups -OCH3 is 1. The molecule has 0 unspecified atom stereocenters. The zero-order valence-electron chi connectivity index (χ0n) is 15.7. The molecule has 25 heavy (non-hydrogen) atoms. The smallest absolute Gasteiger partial charge is 0.119 e. The molecular formula is C22H28N2O. The van der Waals surface area contributed by atoms with E-state index in [0.717, 1.165) is 31.6 Å². The second-order valence-corrected chi connectivity index (χ2v) is 6.91. The zero-order valence-corrected chi connectivity index (χ0v) is 15.7. The molecule has 0 aliphatic heterocycles. The molecule has 0 spiro atoms. The summed E-state index contributed by atoms with van der Waals surface area (Å²) in [7, 11) is 1.73. The van der Waals surface area contributed by atoms with Gasteiger partial charge in [0.05, 0.1) is 7.11 Å². The van der Waals surface area contributed by atoms with Crippen LogP contribution in [-0.4, -0.2) is 18.6 Å². The van der Waals surface area contributed by atoms with Gasteiger partial charge in [-0.2, -0.15) is 0 Å². The van der Waals surface area contributed by atoms with Crippen LogP contribution in [0.5, 0.6) is 5.75 Å². The molecule has 0 fully saturated rings. The molecule has 0 atom stereocenters. The molecule has 0 aliphatic carbocycles. The maximum absolute atomic E-state index is 5.71. The first-order chi connectivity index (χ1) is 12.0. The van der Waals surface area contributed by atoms with Crippen molar-refractivity contribution in [3.63, 3.8) is 0 Å². The lowest BCUT2D eigenvalue weighted by atomic mass is 9.96. The van der Waals surface area contributed by atoms with Crippen LogP contribution < -0.4 is 10.5 Å². The summed E-state index contributed by atoms with van der Waals surface area (Å²) in [6, 6.07) is 10.9. The van der Waals surface area contributed by atoms with E-state index in [-0.39, 0.29) is 0 Å². The van der Waals surface area contributed by atoms with Crippen LogP contribution in [0.15, 0.2) is 30.3 Å². The van der Waals surface area contributed by atoms with Crippen molar-refractivity contribution in [3.05, 3.63) is 52.6 Å². The minimum absolute atomic E-state index is 0.740. The Bertz CT molecular complexity index is 893. The third-order valence-corrected chi connectivity index (χ3v) is 4.95. The van der Waals surface area contributed by atoms with Crippen molar-refractivity contribution in [2.24, 2.45) is 5.73 Å². The minimum Gasteiger partial charge on any atom is -0.497 e. The SMILES string of the molecule is COc1cc(C)c2[nH]c(-c3ccc(C)cc3C)c(CCCCN)c2c1. The van der Waals surface area contributed by atoms with Crippen molar-refractivity contribution < 1.29 is 4.74 Å². The highest BCUT2D eigenvalue weighted by molar-refractivity contribution is 5.94. The molecule has 3 heteroatoms. The fourth-order valence-corrected chi connectivity index (χ4v) is 3.64. The van der Waals surface area contributed by atoms with E-state index in [0.29, 0.717) is 0 Å². The van der Waals surface area contributed by atoms with Gasteiger partial charge in [-0.25, -0.2) is 0 Å². The summed E-state index contributed by atoms with van der Waals surface area (Å²) in [5.41, 5.74) is 14.6. The van der Waals surface area contributed by atoms with Gasteiger partial charge in [-0.1, -0.05) is 23.8 Å². The third-order valence-electron chi connectivity index (χ3n) is 4.95. The summed E-state index contributed by atoms with van der Waals surface area (Å²) in [5.74, 6) is 0.913. The second-order valence-electron chi connectivity index (χ2n) is 6.91. The largest absolute Gasteiger partial charge is 0.497 e. The lowest BCUT2D eigenvalue weighted by Gasteiger charge is -2.09. The number of aryl methyl sites for hydroxylation is 4. The Morgan fingerprint density at radius 1 is 1.00 bits per heavy atom. The zero-order chi connectivity index (χ0) is 18.0. The number of unbranched alkanes of at least 4 members (excludes halogenated alkanes) is 1. The lowest BCUT2D eigenvalue weighted by molar-refractivity contribution is 0.415. The summed E-state index contributed by atoms with van der Waals surface area (Å²) < 4.78 is 5.50. The predicted octanol–water partition coefficient (Wildman–Crippen LogP) is 5.05. The van der Waals surface area contributed by atoms with Crippen molar-refractivity contribution in [3.8, 4) is 17.0 Å². The Balaban J connectivity index is 2.22. The lowest BCUT2D eigenvalue weighted by Crippen LogP contribution is -1.99. The van der Waals surface area contributed by atoms with Gasteiger partial charge in [0.2, 0.25) is 0 Å². The Labute approximate surface area is 150 Å². The van der Waals surface area contributed by atoms with E-state index in [1.165, 1.54) is 44.4 Å². The normalized spacial score (nSPS) is 11.2. The van der Waals surface area contributed by atoms with E-state index >= 15 is 0 Å². The summed E-state index contributed by atoms with van der Waals surface area (Å²) in [6.45, 7) is 7.20. The quantitative estimate of drug-likeness (QED) is 0.619. The first-order valence-corrected chi connectivity index (χ1v) is 9.02. The molecule has 132 valence electrons. The standard InChI is InChI=1S/C22H28N2O/c1-14-8-9-18(15(2)11-14)22-19(7-5-6-10-23)20-13-17(25-4)12-16(3)21(20)24-22/h8-9,11-13,24H,5-7,10,23H2,1-4H3. The third kappa shape index (κ3) is 3.42. The number of nitrogens with one attached hydrogen (secondary N) is 1. The molecule has 0 amide bonds. The number of H-pyrrole nitrogens is 1. The van der Waals surface area contributed by atoms with E-state index in [2.05, 4.69) is 56.1 Å². The topological polar surface area (TPSA) is 51.0 Å². The number of rotatable bonds is 6. The molecule has 3 rings (SSSR count). The number of fused-ring (bicyclic) bond motifs is 1. The molecule has 2 aromatic carbocycles. The van der Waals surface area contributed by atoms with Crippen molar-refractivity contribution in [1.82, 2.24) is 4.98 Å². The van der Waals surface area contributed by atoms with Crippen molar-refractivity contribution >= 4 is 10.9 Å². The predicted molar refractivity (Wildman–Crippen MR) is 106 cm³/mol. The van der Waals surface area contributed by atoms with E-state index in [1.807, 2.05) is 0 Å². The Morgan fingerprint density at radius 2 is 1.80 bits per heavy atom. The minimum atomic E-state index is 0.740. The Kier molecular flexibility index (Phi) is 5.14. The highest BCUT2D eigenvalue weighted by atomic mass is 16.5. The molecule has 3 nitrogen and oxygen atoms in total.